The predicted octanol–water partition coefficient (Wildman–Crippen LogP) is 2.62. The van der Waals surface area contributed by atoms with Crippen molar-refractivity contribution in [3.8, 4) is 11.4 Å². The minimum absolute atomic E-state index is 0.106. The number of aromatic nitrogens is 3. The summed E-state index contributed by atoms with van der Waals surface area (Å²) >= 11 is 1.26. The van der Waals surface area contributed by atoms with Gasteiger partial charge >= 0.3 is 0 Å². The number of benzene rings is 2. The number of methoxy groups -OCH3 is 1. The first-order chi connectivity index (χ1) is 13.4. The smallest absolute Gasteiger partial charge is 0.229 e. The average molecular weight is 419 g/mol. The first kappa shape index (κ1) is 19.9. The van der Waals surface area contributed by atoms with E-state index in [1.807, 2.05) is 24.3 Å². The van der Waals surface area contributed by atoms with Gasteiger partial charge in [-0.25, -0.2) is 8.42 Å². The van der Waals surface area contributed by atoms with Gasteiger partial charge < -0.3 is 4.74 Å². The van der Waals surface area contributed by atoms with Crippen molar-refractivity contribution in [3.05, 3.63) is 60.4 Å². The summed E-state index contributed by atoms with van der Waals surface area (Å²) in [6.07, 6.45) is 2.64. The molecule has 0 atom stereocenters. The predicted molar refractivity (Wildman–Crippen MR) is 108 cm³/mol. The Balaban J connectivity index is 1.70. The number of para-hydroxylation sites is 2. The quantitative estimate of drug-likeness (QED) is 0.443. The highest BCUT2D eigenvalue weighted by Crippen LogP contribution is 2.27. The minimum atomic E-state index is -3.35. The largest absolute Gasteiger partial charge is 0.495 e. The number of ether oxygens (including phenoxy) is 1. The standard InChI is InChI=1S/C18H18N4O4S2/c1-26-17-6-4-3-5-15(17)22-12-19-20-18(22)27-11-16(23)13-7-9-14(10-8-13)21-28(2,24)25/h3-10,12,21H,11H2,1-2H3. The van der Waals surface area contributed by atoms with Crippen LogP contribution >= 0.6 is 11.8 Å². The van der Waals surface area contributed by atoms with Crippen molar-refractivity contribution < 1.29 is 17.9 Å². The van der Waals surface area contributed by atoms with Crippen LogP contribution in [0.4, 0.5) is 5.69 Å². The van der Waals surface area contributed by atoms with Crippen molar-refractivity contribution in [1.82, 2.24) is 14.8 Å². The van der Waals surface area contributed by atoms with Crippen LogP contribution in [-0.4, -0.2) is 48.1 Å². The molecule has 28 heavy (non-hydrogen) atoms. The number of thioether (sulfide) groups is 1. The number of rotatable bonds is 8. The van der Waals surface area contributed by atoms with Gasteiger partial charge in [0.1, 0.15) is 12.1 Å². The van der Waals surface area contributed by atoms with Gasteiger partial charge in [-0.2, -0.15) is 0 Å². The van der Waals surface area contributed by atoms with Gasteiger partial charge in [0.25, 0.3) is 0 Å². The van der Waals surface area contributed by atoms with E-state index in [9.17, 15) is 13.2 Å². The summed E-state index contributed by atoms with van der Waals surface area (Å²) in [6, 6.07) is 13.7. The molecule has 8 nitrogen and oxygen atoms in total. The second-order valence-corrected chi connectivity index (χ2v) is 8.51. The van der Waals surface area contributed by atoms with Gasteiger partial charge in [0.2, 0.25) is 10.0 Å². The summed E-state index contributed by atoms with van der Waals surface area (Å²) < 4.78 is 32.0. The highest BCUT2D eigenvalue weighted by atomic mass is 32.2. The average Bonchev–Trinajstić information content (AvgIpc) is 3.13. The molecule has 0 saturated carbocycles. The van der Waals surface area contributed by atoms with Crippen LogP contribution in [0.5, 0.6) is 5.75 Å². The Kier molecular flexibility index (Phi) is 6.00. The zero-order valence-electron chi connectivity index (χ0n) is 15.2. The molecule has 1 heterocycles. The molecule has 0 bridgehead atoms. The van der Waals surface area contributed by atoms with E-state index in [0.29, 0.717) is 22.2 Å². The second-order valence-electron chi connectivity index (χ2n) is 5.82. The normalized spacial score (nSPS) is 11.2. The van der Waals surface area contributed by atoms with Gasteiger partial charge in [-0.3, -0.25) is 14.1 Å². The van der Waals surface area contributed by atoms with Crippen LogP contribution in [0, 0.1) is 0 Å². The van der Waals surface area contributed by atoms with Crippen molar-refractivity contribution in [2.75, 3.05) is 23.8 Å². The fourth-order valence-corrected chi connectivity index (χ4v) is 3.85. The molecule has 1 N–H and O–H groups in total. The molecular weight excluding hydrogens is 400 g/mol. The number of ketones is 1. The lowest BCUT2D eigenvalue weighted by Gasteiger charge is -2.10. The number of sulfonamides is 1. The summed E-state index contributed by atoms with van der Waals surface area (Å²) in [5.74, 6) is 0.724. The monoisotopic (exact) mass is 418 g/mol. The molecule has 146 valence electrons. The summed E-state index contributed by atoms with van der Waals surface area (Å²) in [7, 11) is -1.77. The Hall–Kier alpha value is -2.85. The molecule has 0 aliphatic rings. The van der Waals surface area contributed by atoms with Crippen molar-refractivity contribution in [1.29, 1.82) is 0 Å². The molecule has 0 radical (unpaired) electrons. The Morgan fingerprint density at radius 3 is 2.57 bits per heavy atom. The Bertz CT molecular complexity index is 1080. The van der Waals surface area contributed by atoms with Crippen LogP contribution in [0.1, 0.15) is 10.4 Å². The Morgan fingerprint density at radius 1 is 1.18 bits per heavy atom. The molecule has 3 aromatic rings. The van der Waals surface area contributed by atoms with E-state index in [4.69, 9.17) is 4.74 Å². The van der Waals surface area contributed by atoms with Crippen molar-refractivity contribution >= 4 is 33.3 Å². The lowest BCUT2D eigenvalue weighted by molar-refractivity contribution is 0.102. The summed E-state index contributed by atoms with van der Waals surface area (Å²) in [5.41, 5.74) is 1.67. The number of carbonyl (C=O) groups is 1. The fraction of sp³-hybridized carbons (Fsp3) is 0.167. The van der Waals surface area contributed by atoms with Crippen LogP contribution in [0.3, 0.4) is 0 Å². The molecule has 0 unspecified atom stereocenters. The van der Waals surface area contributed by atoms with E-state index in [1.165, 1.54) is 11.8 Å². The van der Waals surface area contributed by atoms with Crippen LogP contribution in [0.2, 0.25) is 0 Å². The number of carbonyl (C=O) groups excluding carboxylic acids is 1. The molecule has 3 rings (SSSR count). The molecule has 0 fully saturated rings. The van der Waals surface area contributed by atoms with Gasteiger partial charge in [-0.1, -0.05) is 23.9 Å². The van der Waals surface area contributed by atoms with Gasteiger partial charge in [0.15, 0.2) is 10.9 Å². The van der Waals surface area contributed by atoms with E-state index in [1.54, 1.807) is 42.3 Å². The molecule has 1 aromatic heterocycles. The maximum absolute atomic E-state index is 12.5. The van der Waals surface area contributed by atoms with E-state index < -0.39 is 10.0 Å². The molecule has 10 heteroatoms. The molecule has 2 aromatic carbocycles. The lowest BCUT2D eigenvalue weighted by atomic mass is 10.1. The minimum Gasteiger partial charge on any atom is -0.495 e. The maximum Gasteiger partial charge on any atom is 0.229 e. The first-order valence-corrected chi connectivity index (χ1v) is 11.0. The molecule has 0 aliphatic carbocycles. The fourth-order valence-electron chi connectivity index (χ4n) is 2.47. The van der Waals surface area contributed by atoms with Crippen LogP contribution < -0.4 is 9.46 Å². The lowest BCUT2D eigenvalue weighted by Crippen LogP contribution is -2.10. The van der Waals surface area contributed by atoms with Gasteiger partial charge in [0.05, 0.1) is 24.8 Å². The third-order valence-electron chi connectivity index (χ3n) is 3.70. The van der Waals surface area contributed by atoms with Gasteiger partial charge in [-0.05, 0) is 36.4 Å². The molecule has 0 aliphatic heterocycles. The number of Topliss-reactive ketones (excluding diaryl/α,β-unsaturated/α-hetero) is 1. The summed E-state index contributed by atoms with van der Waals surface area (Å²) in [4.78, 5) is 12.5. The van der Waals surface area contributed by atoms with E-state index in [-0.39, 0.29) is 11.5 Å². The van der Waals surface area contributed by atoms with Crippen molar-refractivity contribution in [2.24, 2.45) is 0 Å². The number of nitrogens with one attached hydrogen (secondary N) is 1. The van der Waals surface area contributed by atoms with E-state index in [2.05, 4.69) is 14.9 Å². The van der Waals surface area contributed by atoms with E-state index in [0.717, 1.165) is 11.9 Å². The van der Waals surface area contributed by atoms with Crippen LogP contribution in [-0.2, 0) is 10.0 Å². The van der Waals surface area contributed by atoms with Gasteiger partial charge in [0, 0.05) is 11.3 Å². The van der Waals surface area contributed by atoms with Gasteiger partial charge in [-0.15, -0.1) is 10.2 Å². The maximum atomic E-state index is 12.5. The third-order valence-corrected chi connectivity index (χ3v) is 5.25. The molecule has 0 spiro atoms. The molecular formula is C18H18N4O4S2. The van der Waals surface area contributed by atoms with E-state index >= 15 is 0 Å². The topological polar surface area (TPSA) is 103 Å². The van der Waals surface area contributed by atoms with Crippen molar-refractivity contribution in [2.45, 2.75) is 5.16 Å². The number of anilines is 1. The highest BCUT2D eigenvalue weighted by Gasteiger charge is 2.14. The number of hydrogen-bond donors (Lipinski definition) is 1. The van der Waals surface area contributed by atoms with Crippen molar-refractivity contribution in [3.63, 3.8) is 0 Å². The first-order valence-electron chi connectivity index (χ1n) is 8.14. The zero-order chi connectivity index (χ0) is 20.1. The zero-order valence-corrected chi connectivity index (χ0v) is 16.8. The Morgan fingerprint density at radius 2 is 1.89 bits per heavy atom. The Labute approximate surface area is 167 Å². The van der Waals surface area contributed by atoms with Crippen LogP contribution in [0.15, 0.2) is 60.0 Å². The second kappa shape index (κ2) is 8.44. The summed E-state index contributed by atoms with van der Waals surface area (Å²) in [5, 5.41) is 8.57. The highest BCUT2D eigenvalue weighted by molar-refractivity contribution is 7.99. The molecule has 0 amide bonds. The summed E-state index contributed by atoms with van der Waals surface area (Å²) in [6.45, 7) is 0. The number of nitrogens with zero attached hydrogens (tertiary/aromatic N) is 3. The van der Waals surface area contributed by atoms with Crippen LogP contribution in [0.25, 0.3) is 5.69 Å². The number of hydrogen-bond acceptors (Lipinski definition) is 7. The molecule has 0 saturated heterocycles. The SMILES string of the molecule is COc1ccccc1-n1cnnc1SCC(=O)c1ccc(NS(C)(=O)=O)cc1. The third kappa shape index (κ3) is 4.90.